The highest BCUT2D eigenvalue weighted by atomic mass is 16.5. The summed E-state index contributed by atoms with van der Waals surface area (Å²) in [6.07, 6.45) is 2.14. The van der Waals surface area contributed by atoms with Crippen molar-refractivity contribution in [1.29, 1.82) is 0 Å². The summed E-state index contributed by atoms with van der Waals surface area (Å²) in [5, 5.41) is 18.3. The molecular weight excluding hydrogens is 486 g/mol. The number of benzene rings is 2. The summed E-state index contributed by atoms with van der Waals surface area (Å²) in [6.45, 7) is 2.80. The first kappa shape index (κ1) is 22.8. The van der Waals surface area contributed by atoms with Crippen LogP contribution in [0.15, 0.2) is 42.6 Å². The summed E-state index contributed by atoms with van der Waals surface area (Å²) in [5.74, 6) is 2.98. The van der Waals surface area contributed by atoms with Crippen molar-refractivity contribution in [3.8, 4) is 11.5 Å². The number of aliphatic hydroxyl groups excluding tert-OH is 1. The molecule has 3 aliphatic rings. The fourth-order valence-corrected chi connectivity index (χ4v) is 5.79. The second kappa shape index (κ2) is 8.06. The number of nitrogens with one attached hydrogen (secondary N) is 2. The van der Waals surface area contributed by atoms with Crippen LogP contribution in [0, 0.1) is 6.92 Å². The second-order valence-electron chi connectivity index (χ2n) is 10.1. The maximum atomic E-state index is 13.1. The molecule has 11 heteroatoms. The van der Waals surface area contributed by atoms with Crippen molar-refractivity contribution >= 4 is 34.1 Å². The number of amides is 1. The molecule has 7 rings (SSSR count). The molecule has 2 atom stereocenters. The molecule has 2 aromatic carbocycles. The lowest BCUT2D eigenvalue weighted by atomic mass is 9.91. The number of aromatic nitrogens is 4. The molecule has 0 bridgehead atoms. The fourth-order valence-electron chi connectivity index (χ4n) is 5.79. The molecular formula is C27H27N7O4. The van der Waals surface area contributed by atoms with Crippen LogP contribution in [0.4, 0.5) is 17.3 Å². The van der Waals surface area contributed by atoms with Gasteiger partial charge < -0.3 is 24.8 Å². The Hall–Kier alpha value is -4.38. The quantitative estimate of drug-likeness (QED) is 0.357. The lowest BCUT2D eigenvalue weighted by Crippen LogP contribution is -2.51. The van der Waals surface area contributed by atoms with Crippen molar-refractivity contribution < 1.29 is 19.4 Å². The third-order valence-electron chi connectivity index (χ3n) is 7.86. The number of rotatable bonds is 6. The first-order valence-electron chi connectivity index (χ1n) is 12.5. The number of anilines is 3. The number of hydrogen-bond donors (Lipinski definition) is 3. The van der Waals surface area contributed by atoms with E-state index in [2.05, 4.69) is 37.9 Å². The van der Waals surface area contributed by atoms with Crippen LogP contribution >= 0.6 is 0 Å². The van der Waals surface area contributed by atoms with Crippen molar-refractivity contribution in [3.63, 3.8) is 0 Å². The van der Waals surface area contributed by atoms with Gasteiger partial charge in [0.2, 0.25) is 11.7 Å². The van der Waals surface area contributed by atoms with Crippen LogP contribution in [-0.4, -0.2) is 64.3 Å². The van der Waals surface area contributed by atoms with Crippen LogP contribution in [0.3, 0.4) is 0 Å². The summed E-state index contributed by atoms with van der Waals surface area (Å²) in [4.78, 5) is 25.9. The Labute approximate surface area is 218 Å². The molecule has 194 valence electrons. The van der Waals surface area contributed by atoms with Crippen LogP contribution in [0.2, 0.25) is 0 Å². The SMILES string of the molecule is COc1ccc2c(c1)C1(CC1c1ccc3cnn(Nc4nc(C)nc(N5CC(O)C5)c4OC)c3c1)C(=O)N2. The summed E-state index contributed by atoms with van der Waals surface area (Å²) < 4.78 is 11.1. The Balaban J connectivity index is 1.24. The maximum absolute atomic E-state index is 13.1. The Morgan fingerprint density at radius 2 is 1.97 bits per heavy atom. The minimum absolute atomic E-state index is 0.0299. The fraction of sp³-hybridized carbons (Fsp3) is 0.333. The minimum Gasteiger partial charge on any atom is -0.497 e. The highest BCUT2D eigenvalue weighted by molar-refractivity contribution is 6.10. The summed E-state index contributed by atoms with van der Waals surface area (Å²) in [7, 11) is 3.21. The van der Waals surface area contributed by atoms with Gasteiger partial charge in [-0.2, -0.15) is 9.89 Å². The highest BCUT2D eigenvalue weighted by Gasteiger charge is 2.65. The second-order valence-corrected chi connectivity index (χ2v) is 10.1. The maximum Gasteiger partial charge on any atom is 0.235 e. The molecule has 1 saturated carbocycles. The average molecular weight is 514 g/mol. The molecule has 3 N–H and O–H groups in total. The molecule has 2 fully saturated rings. The third-order valence-corrected chi connectivity index (χ3v) is 7.86. The number of fused-ring (bicyclic) bond motifs is 3. The Kier molecular flexibility index (Phi) is 4.83. The summed E-state index contributed by atoms with van der Waals surface area (Å²) in [6, 6.07) is 11.9. The number of aliphatic hydroxyl groups is 1. The lowest BCUT2D eigenvalue weighted by molar-refractivity contribution is -0.118. The van der Waals surface area contributed by atoms with Gasteiger partial charge in [0.1, 0.15) is 11.6 Å². The number of carbonyl (C=O) groups excluding carboxylic acids is 1. The van der Waals surface area contributed by atoms with E-state index in [4.69, 9.17) is 9.47 Å². The van der Waals surface area contributed by atoms with E-state index in [9.17, 15) is 9.90 Å². The monoisotopic (exact) mass is 513 g/mol. The van der Waals surface area contributed by atoms with Crippen molar-refractivity contribution in [2.24, 2.45) is 0 Å². The zero-order valence-corrected chi connectivity index (χ0v) is 21.2. The van der Waals surface area contributed by atoms with Crippen LogP contribution < -0.4 is 25.1 Å². The highest BCUT2D eigenvalue weighted by Crippen LogP contribution is 2.65. The topological polar surface area (TPSA) is 127 Å². The number of ether oxygens (including phenoxy) is 2. The van der Waals surface area contributed by atoms with E-state index >= 15 is 0 Å². The van der Waals surface area contributed by atoms with E-state index in [1.807, 2.05) is 36.1 Å². The standard InChI is InChI=1S/C27H27N7O4/c1-14-29-24(23(38-3)25(30-14)33-12-17(35)13-33)32-34-22-8-15(4-5-16(22)11-28-34)20-10-27(20)19-9-18(37-2)6-7-21(19)31-26(27)36/h4-9,11,17,20,35H,10,12-13H2,1-3H3,(H,31,36)(H,29,30,32). The lowest BCUT2D eigenvalue weighted by Gasteiger charge is -2.37. The van der Waals surface area contributed by atoms with E-state index in [1.165, 1.54) is 0 Å². The Bertz CT molecular complexity index is 1610. The Morgan fingerprint density at radius 1 is 1.13 bits per heavy atom. The minimum atomic E-state index is -0.584. The van der Waals surface area contributed by atoms with Crippen LogP contribution in [0.25, 0.3) is 10.9 Å². The van der Waals surface area contributed by atoms with Crippen molar-refractivity contribution in [1.82, 2.24) is 19.9 Å². The van der Waals surface area contributed by atoms with E-state index in [-0.39, 0.29) is 17.9 Å². The predicted octanol–water partition coefficient (Wildman–Crippen LogP) is 2.59. The molecule has 11 nitrogen and oxygen atoms in total. The van der Waals surface area contributed by atoms with E-state index < -0.39 is 5.41 Å². The molecule has 2 unspecified atom stereocenters. The summed E-state index contributed by atoms with van der Waals surface area (Å²) >= 11 is 0. The van der Waals surface area contributed by atoms with E-state index in [0.717, 1.165) is 39.9 Å². The van der Waals surface area contributed by atoms with E-state index in [1.54, 1.807) is 25.2 Å². The van der Waals surface area contributed by atoms with Crippen molar-refractivity contribution in [2.45, 2.75) is 30.8 Å². The van der Waals surface area contributed by atoms with Crippen molar-refractivity contribution in [3.05, 3.63) is 59.5 Å². The number of nitrogens with zero attached hydrogens (tertiary/aromatic N) is 5. The van der Waals surface area contributed by atoms with Gasteiger partial charge in [-0.25, -0.2) is 9.97 Å². The molecule has 4 aromatic rings. The smallest absolute Gasteiger partial charge is 0.235 e. The van der Waals surface area contributed by atoms with Crippen LogP contribution in [0.1, 0.15) is 29.3 Å². The van der Waals surface area contributed by atoms with Gasteiger partial charge in [-0.05, 0) is 48.7 Å². The summed E-state index contributed by atoms with van der Waals surface area (Å²) in [5.41, 5.74) is 6.45. The van der Waals surface area contributed by atoms with Gasteiger partial charge in [-0.3, -0.25) is 10.2 Å². The van der Waals surface area contributed by atoms with Gasteiger partial charge in [0.25, 0.3) is 0 Å². The van der Waals surface area contributed by atoms with Gasteiger partial charge in [-0.1, -0.05) is 12.1 Å². The molecule has 1 saturated heterocycles. The molecule has 2 aromatic heterocycles. The first-order chi connectivity index (χ1) is 18.4. The number of β-amino-alcohol motifs (C(OH)–C–C–N with tert-alkyl or cyclic N) is 1. The zero-order valence-electron chi connectivity index (χ0n) is 21.2. The molecule has 1 aliphatic carbocycles. The molecule has 0 radical (unpaired) electrons. The molecule has 2 aliphatic heterocycles. The zero-order chi connectivity index (χ0) is 26.2. The van der Waals surface area contributed by atoms with Crippen molar-refractivity contribution in [2.75, 3.05) is 43.0 Å². The number of methoxy groups -OCH3 is 2. The van der Waals surface area contributed by atoms with Gasteiger partial charge in [0.15, 0.2) is 11.6 Å². The van der Waals surface area contributed by atoms with Gasteiger partial charge in [0.05, 0.1) is 37.5 Å². The average Bonchev–Trinajstić information content (AvgIpc) is 3.45. The first-order valence-corrected chi connectivity index (χ1v) is 12.5. The predicted molar refractivity (Wildman–Crippen MR) is 141 cm³/mol. The largest absolute Gasteiger partial charge is 0.497 e. The van der Waals surface area contributed by atoms with Gasteiger partial charge in [-0.15, -0.1) is 0 Å². The third kappa shape index (κ3) is 3.24. The molecule has 38 heavy (non-hydrogen) atoms. The number of hydrogen-bond acceptors (Lipinski definition) is 9. The number of aryl methyl sites for hydroxylation is 1. The number of carbonyl (C=O) groups is 1. The normalized spacial score (nSPS) is 21.8. The molecule has 4 heterocycles. The van der Waals surface area contributed by atoms with Crippen LogP contribution in [-0.2, 0) is 10.2 Å². The van der Waals surface area contributed by atoms with Gasteiger partial charge >= 0.3 is 0 Å². The van der Waals surface area contributed by atoms with E-state index in [0.29, 0.717) is 36.3 Å². The Morgan fingerprint density at radius 3 is 2.74 bits per heavy atom. The van der Waals surface area contributed by atoms with Crippen LogP contribution in [0.5, 0.6) is 11.5 Å². The van der Waals surface area contributed by atoms with Gasteiger partial charge in [0, 0.05) is 30.1 Å². The molecule has 1 spiro atoms. The molecule has 1 amide bonds.